The van der Waals surface area contributed by atoms with Gasteiger partial charge in [0.2, 0.25) is 10.0 Å². The average molecular weight is 327 g/mol. The van der Waals surface area contributed by atoms with E-state index in [1.807, 2.05) is 0 Å². The van der Waals surface area contributed by atoms with Crippen LogP contribution in [0.1, 0.15) is 6.42 Å². The topological polar surface area (TPSA) is 121 Å². The molecule has 0 bridgehead atoms. The van der Waals surface area contributed by atoms with E-state index in [1.165, 1.54) is 4.72 Å². The Kier molecular flexibility index (Phi) is 4.91. The first-order valence-corrected chi connectivity index (χ1v) is 6.65. The highest BCUT2D eigenvalue weighted by molar-refractivity contribution is 7.89. The van der Waals surface area contributed by atoms with Gasteiger partial charge in [0.25, 0.3) is 0 Å². The second kappa shape index (κ2) is 6.10. The molecule has 0 spiro atoms. The molecule has 11 heteroatoms. The molecule has 21 heavy (non-hydrogen) atoms. The minimum Gasteiger partial charge on any atom is -0.481 e. The molecule has 0 aromatic heterocycles. The number of carbonyl (C=O) groups is 2. The lowest BCUT2D eigenvalue weighted by molar-refractivity contribution is -0.145. The lowest BCUT2D eigenvalue weighted by atomic mass is 10.2. The molecule has 1 aromatic rings. The zero-order valence-electron chi connectivity index (χ0n) is 10.0. The maximum absolute atomic E-state index is 13.4. The zero-order valence-corrected chi connectivity index (χ0v) is 10.8. The van der Waals surface area contributed by atoms with Crippen molar-refractivity contribution in [2.24, 2.45) is 0 Å². The smallest absolute Gasteiger partial charge is 0.322 e. The quantitative estimate of drug-likeness (QED) is 0.647. The van der Waals surface area contributed by atoms with Gasteiger partial charge in [0.05, 0.1) is 6.42 Å². The summed E-state index contributed by atoms with van der Waals surface area (Å²) in [6.45, 7) is 0. The highest BCUT2D eigenvalue weighted by atomic mass is 32.2. The molecule has 0 fully saturated rings. The maximum atomic E-state index is 13.4. The number of carboxylic acids is 2. The Morgan fingerprint density at radius 1 is 1.14 bits per heavy atom. The fraction of sp³-hybridized carbons (Fsp3) is 0.200. The van der Waals surface area contributed by atoms with Crippen molar-refractivity contribution in [2.45, 2.75) is 17.4 Å². The molecular weight excluding hydrogens is 319 g/mol. The van der Waals surface area contributed by atoms with Crippen LogP contribution >= 0.6 is 0 Å². The van der Waals surface area contributed by atoms with Gasteiger partial charge in [-0.05, 0) is 12.1 Å². The Balaban J connectivity index is 3.20. The Hall–Kier alpha value is -2.14. The summed E-state index contributed by atoms with van der Waals surface area (Å²) in [5, 5.41) is 17.1. The monoisotopic (exact) mass is 327 g/mol. The van der Waals surface area contributed by atoms with Crippen LogP contribution in [0.3, 0.4) is 0 Å². The van der Waals surface area contributed by atoms with E-state index in [0.29, 0.717) is 12.1 Å². The minimum absolute atomic E-state index is 0.333. The van der Waals surface area contributed by atoms with Crippen molar-refractivity contribution in [1.29, 1.82) is 0 Å². The molecule has 0 saturated heterocycles. The van der Waals surface area contributed by atoms with Gasteiger partial charge in [-0.3, -0.25) is 9.59 Å². The van der Waals surface area contributed by atoms with Gasteiger partial charge >= 0.3 is 11.9 Å². The molecule has 0 aliphatic rings. The molecule has 0 saturated carbocycles. The summed E-state index contributed by atoms with van der Waals surface area (Å²) in [7, 11) is -4.90. The van der Waals surface area contributed by atoms with E-state index in [4.69, 9.17) is 10.2 Å². The van der Waals surface area contributed by atoms with Crippen molar-refractivity contribution < 1.29 is 41.4 Å². The van der Waals surface area contributed by atoms with Crippen LogP contribution in [0.2, 0.25) is 0 Å². The largest absolute Gasteiger partial charge is 0.481 e. The number of nitrogens with one attached hydrogen (secondary N) is 1. The Bertz CT molecular complexity index is 690. The van der Waals surface area contributed by atoms with Gasteiger partial charge in [0.15, 0.2) is 17.5 Å². The SMILES string of the molecule is O=C(O)CC(NS(=O)(=O)c1ccc(F)c(F)c1F)C(=O)O. The van der Waals surface area contributed by atoms with Crippen LogP contribution in [-0.4, -0.2) is 36.6 Å². The van der Waals surface area contributed by atoms with Crippen LogP contribution in [0, 0.1) is 17.5 Å². The first kappa shape index (κ1) is 16.9. The second-order valence-corrected chi connectivity index (χ2v) is 5.47. The number of sulfonamides is 1. The summed E-state index contributed by atoms with van der Waals surface area (Å²) in [5.41, 5.74) is 0. The number of aliphatic carboxylic acids is 2. The maximum Gasteiger partial charge on any atom is 0.322 e. The molecular formula is C10H8F3NO6S. The molecule has 1 atom stereocenters. The molecule has 0 aliphatic heterocycles. The molecule has 0 aliphatic carbocycles. The van der Waals surface area contributed by atoms with Gasteiger partial charge in [0.1, 0.15) is 10.9 Å². The molecule has 3 N–H and O–H groups in total. The summed E-state index contributed by atoms with van der Waals surface area (Å²) in [6, 6.07) is -1.38. The van der Waals surface area contributed by atoms with Crippen LogP contribution in [0.25, 0.3) is 0 Å². The lowest BCUT2D eigenvalue weighted by Gasteiger charge is -2.13. The third-order valence-corrected chi connectivity index (χ3v) is 3.75. The number of hydrogen-bond donors (Lipinski definition) is 3. The van der Waals surface area contributed by atoms with Crippen molar-refractivity contribution in [2.75, 3.05) is 0 Å². The van der Waals surface area contributed by atoms with E-state index in [1.54, 1.807) is 0 Å². The van der Waals surface area contributed by atoms with Crippen molar-refractivity contribution in [1.82, 2.24) is 4.72 Å². The summed E-state index contributed by atoms with van der Waals surface area (Å²) in [4.78, 5) is 19.8. The van der Waals surface area contributed by atoms with E-state index in [0.717, 1.165) is 0 Å². The van der Waals surface area contributed by atoms with Crippen molar-refractivity contribution in [3.63, 3.8) is 0 Å². The number of rotatable bonds is 6. The number of benzene rings is 1. The first-order chi connectivity index (χ1) is 9.56. The fourth-order valence-corrected chi connectivity index (χ4v) is 2.58. The van der Waals surface area contributed by atoms with Gasteiger partial charge in [-0.25, -0.2) is 21.6 Å². The predicted octanol–water partition coefficient (Wildman–Crippen LogP) is 0.310. The van der Waals surface area contributed by atoms with Crippen molar-refractivity contribution >= 4 is 22.0 Å². The highest BCUT2D eigenvalue weighted by Gasteiger charge is 2.30. The molecule has 1 unspecified atom stereocenters. The van der Waals surface area contributed by atoms with Gasteiger partial charge < -0.3 is 10.2 Å². The molecule has 0 radical (unpaired) electrons. The fourth-order valence-electron chi connectivity index (χ4n) is 1.32. The van der Waals surface area contributed by atoms with Crippen LogP contribution in [0.15, 0.2) is 17.0 Å². The second-order valence-electron chi connectivity index (χ2n) is 3.78. The Morgan fingerprint density at radius 3 is 2.19 bits per heavy atom. The molecule has 7 nitrogen and oxygen atoms in total. The van der Waals surface area contributed by atoms with E-state index in [-0.39, 0.29) is 0 Å². The van der Waals surface area contributed by atoms with Crippen LogP contribution in [0.5, 0.6) is 0 Å². The standard InChI is InChI=1S/C10H8F3NO6S/c11-4-1-2-6(9(13)8(4)12)21(19,20)14-5(10(17)18)3-7(15)16/h1-2,5,14H,3H2,(H,15,16)(H,17,18). The van der Waals surface area contributed by atoms with Gasteiger partial charge in [0, 0.05) is 0 Å². The molecule has 116 valence electrons. The molecule has 0 amide bonds. The average Bonchev–Trinajstić information content (AvgIpc) is 2.33. The van der Waals surface area contributed by atoms with Crippen LogP contribution in [0.4, 0.5) is 13.2 Å². The molecule has 1 rings (SSSR count). The van der Waals surface area contributed by atoms with Crippen LogP contribution < -0.4 is 4.72 Å². The highest BCUT2D eigenvalue weighted by Crippen LogP contribution is 2.20. The Labute approximate surface area is 116 Å². The third kappa shape index (κ3) is 3.92. The molecule has 0 heterocycles. The summed E-state index contributed by atoms with van der Waals surface area (Å²) >= 11 is 0. The number of carboxylic acid groups (broad SMARTS) is 2. The normalized spacial score (nSPS) is 12.9. The van der Waals surface area contributed by atoms with E-state index in [2.05, 4.69) is 0 Å². The van der Waals surface area contributed by atoms with Gasteiger partial charge in [-0.15, -0.1) is 0 Å². The van der Waals surface area contributed by atoms with Crippen molar-refractivity contribution in [3.05, 3.63) is 29.6 Å². The zero-order chi connectivity index (χ0) is 16.4. The van der Waals surface area contributed by atoms with Crippen LogP contribution in [-0.2, 0) is 19.6 Å². The summed E-state index contributed by atoms with van der Waals surface area (Å²) in [5.74, 6) is -9.18. The van der Waals surface area contributed by atoms with Crippen molar-refractivity contribution in [3.8, 4) is 0 Å². The van der Waals surface area contributed by atoms with E-state index in [9.17, 15) is 31.2 Å². The third-order valence-electron chi connectivity index (χ3n) is 2.26. The molecule has 1 aromatic carbocycles. The van der Waals surface area contributed by atoms with Gasteiger partial charge in [-0.1, -0.05) is 0 Å². The Morgan fingerprint density at radius 2 is 1.71 bits per heavy atom. The summed E-state index contributed by atoms with van der Waals surface area (Å²) in [6.07, 6.45) is -1.13. The first-order valence-electron chi connectivity index (χ1n) is 5.16. The number of hydrogen-bond acceptors (Lipinski definition) is 4. The minimum atomic E-state index is -4.90. The lowest BCUT2D eigenvalue weighted by Crippen LogP contribution is -2.42. The number of halogens is 3. The summed E-state index contributed by atoms with van der Waals surface area (Å²) < 4.78 is 63.9. The van der Waals surface area contributed by atoms with Gasteiger partial charge in [-0.2, -0.15) is 4.72 Å². The van der Waals surface area contributed by atoms with E-state index >= 15 is 0 Å². The van der Waals surface area contributed by atoms with E-state index < -0.39 is 56.8 Å². The predicted molar refractivity (Wildman–Crippen MR) is 60.3 cm³/mol.